The molecule has 0 aromatic heterocycles. The maximum atomic E-state index is 13.4. The van der Waals surface area contributed by atoms with Crippen LogP contribution in [-0.2, 0) is 6.42 Å². The summed E-state index contributed by atoms with van der Waals surface area (Å²) in [4.78, 5) is 0. The fourth-order valence-corrected chi connectivity index (χ4v) is 2.26. The molecule has 0 fully saturated rings. The Morgan fingerprint density at radius 3 is 2.14 bits per heavy atom. The molecular weight excluding hydrogens is 276 g/mol. The van der Waals surface area contributed by atoms with Gasteiger partial charge in [0.05, 0.1) is 14.2 Å². The van der Waals surface area contributed by atoms with Crippen molar-refractivity contribution in [3.05, 3.63) is 47.5 Å². The third kappa shape index (κ3) is 3.31. The van der Waals surface area contributed by atoms with Crippen LogP contribution in [0.5, 0.6) is 11.5 Å². The van der Waals surface area contributed by atoms with E-state index in [2.05, 4.69) is 0 Å². The van der Waals surface area contributed by atoms with E-state index in [1.165, 1.54) is 26.4 Å². The maximum absolute atomic E-state index is 13.4. The summed E-state index contributed by atoms with van der Waals surface area (Å²) >= 11 is 0. The Labute approximate surface area is 122 Å². The van der Waals surface area contributed by atoms with Crippen LogP contribution in [0.3, 0.4) is 0 Å². The lowest BCUT2D eigenvalue weighted by molar-refractivity contribution is 0.355. The van der Waals surface area contributed by atoms with E-state index in [0.717, 1.165) is 11.6 Å². The van der Waals surface area contributed by atoms with Gasteiger partial charge in [-0.3, -0.25) is 0 Å². The van der Waals surface area contributed by atoms with Crippen LogP contribution in [0.4, 0.5) is 8.78 Å². The van der Waals surface area contributed by atoms with Gasteiger partial charge in [0.1, 0.15) is 11.6 Å². The molecule has 0 unspecified atom stereocenters. The van der Waals surface area contributed by atoms with Crippen LogP contribution in [0.15, 0.2) is 30.3 Å². The second-order valence-electron chi connectivity index (χ2n) is 4.58. The third-order valence-corrected chi connectivity index (χ3v) is 3.15. The third-order valence-electron chi connectivity index (χ3n) is 3.15. The van der Waals surface area contributed by atoms with Gasteiger partial charge in [0.15, 0.2) is 11.5 Å². The Balaban J connectivity index is 2.66. The van der Waals surface area contributed by atoms with Crippen LogP contribution in [0.25, 0.3) is 11.1 Å². The number of benzene rings is 2. The van der Waals surface area contributed by atoms with Crippen molar-refractivity contribution in [2.75, 3.05) is 20.8 Å². The lowest BCUT2D eigenvalue weighted by Crippen LogP contribution is -2.04. The summed E-state index contributed by atoms with van der Waals surface area (Å²) in [6.45, 7) is 0.465. The fourth-order valence-electron chi connectivity index (χ4n) is 2.26. The van der Waals surface area contributed by atoms with Gasteiger partial charge in [0.25, 0.3) is 0 Å². The van der Waals surface area contributed by atoms with Gasteiger partial charge in [-0.1, -0.05) is 0 Å². The first-order chi connectivity index (χ1) is 10.1. The van der Waals surface area contributed by atoms with Gasteiger partial charge in [-0.05, 0) is 48.4 Å². The van der Waals surface area contributed by atoms with Crippen molar-refractivity contribution in [2.45, 2.75) is 6.42 Å². The molecule has 2 rings (SSSR count). The predicted octanol–water partition coefficient (Wildman–Crippen LogP) is 3.15. The first-order valence-electron chi connectivity index (χ1n) is 6.50. The Bertz CT molecular complexity index is 624. The van der Waals surface area contributed by atoms with Crippen LogP contribution in [0.1, 0.15) is 5.56 Å². The van der Waals surface area contributed by atoms with E-state index < -0.39 is 11.6 Å². The van der Waals surface area contributed by atoms with Crippen molar-refractivity contribution in [1.29, 1.82) is 0 Å². The normalized spacial score (nSPS) is 10.5. The zero-order valence-corrected chi connectivity index (χ0v) is 12.0. The maximum Gasteiger partial charge on any atom is 0.168 e. The average molecular weight is 293 g/mol. The first kappa shape index (κ1) is 15.3. The standard InChI is InChI=1S/C16H17F2NO2/c1-20-15-6-10(3-4-19)5-14(16(15)21-2)11-7-12(17)9-13(18)8-11/h5-9H,3-4,19H2,1-2H3. The van der Waals surface area contributed by atoms with Gasteiger partial charge in [0, 0.05) is 11.6 Å². The molecule has 0 amide bonds. The number of hydrogen-bond acceptors (Lipinski definition) is 3. The SMILES string of the molecule is COc1cc(CCN)cc(-c2cc(F)cc(F)c2)c1OC. The molecule has 2 aromatic carbocycles. The highest BCUT2D eigenvalue weighted by atomic mass is 19.1. The molecule has 3 nitrogen and oxygen atoms in total. The molecule has 0 aliphatic rings. The van der Waals surface area contributed by atoms with Gasteiger partial charge in [-0.2, -0.15) is 0 Å². The Morgan fingerprint density at radius 2 is 1.62 bits per heavy atom. The largest absolute Gasteiger partial charge is 0.493 e. The number of nitrogens with two attached hydrogens (primary N) is 1. The molecule has 0 aliphatic carbocycles. The summed E-state index contributed by atoms with van der Waals surface area (Å²) in [6, 6.07) is 6.96. The fraction of sp³-hybridized carbons (Fsp3) is 0.250. The van der Waals surface area contributed by atoms with Crippen molar-refractivity contribution < 1.29 is 18.3 Å². The molecule has 112 valence electrons. The zero-order valence-electron chi connectivity index (χ0n) is 12.0. The number of rotatable bonds is 5. The Morgan fingerprint density at radius 1 is 0.952 bits per heavy atom. The average Bonchev–Trinajstić information content (AvgIpc) is 2.45. The smallest absolute Gasteiger partial charge is 0.168 e. The molecule has 0 bridgehead atoms. The number of hydrogen-bond donors (Lipinski definition) is 1. The Kier molecular flexibility index (Phi) is 4.75. The molecule has 0 saturated heterocycles. The summed E-state index contributed by atoms with van der Waals surface area (Å²) in [6.07, 6.45) is 0.630. The van der Waals surface area contributed by atoms with E-state index in [1.54, 1.807) is 0 Å². The molecule has 5 heteroatoms. The molecule has 2 aromatic rings. The van der Waals surface area contributed by atoms with Gasteiger partial charge in [-0.25, -0.2) is 8.78 Å². The van der Waals surface area contributed by atoms with E-state index in [9.17, 15) is 8.78 Å². The van der Waals surface area contributed by atoms with Crippen LogP contribution in [0, 0.1) is 11.6 Å². The quantitative estimate of drug-likeness (QED) is 0.921. The van der Waals surface area contributed by atoms with Crippen molar-refractivity contribution in [3.63, 3.8) is 0 Å². The molecule has 0 radical (unpaired) electrons. The second kappa shape index (κ2) is 6.54. The molecule has 0 heterocycles. The lowest BCUT2D eigenvalue weighted by Gasteiger charge is -2.15. The minimum Gasteiger partial charge on any atom is -0.493 e. The van der Waals surface area contributed by atoms with E-state index in [-0.39, 0.29) is 0 Å². The number of ether oxygens (including phenoxy) is 2. The topological polar surface area (TPSA) is 44.5 Å². The first-order valence-corrected chi connectivity index (χ1v) is 6.50. The monoisotopic (exact) mass is 293 g/mol. The van der Waals surface area contributed by atoms with Gasteiger partial charge in [-0.15, -0.1) is 0 Å². The highest BCUT2D eigenvalue weighted by Crippen LogP contribution is 2.39. The second-order valence-corrected chi connectivity index (χ2v) is 4.58. The molecule has 2 N–H and O–H groups in total. The minimum absolute atomic E-state index is 0.390. The molecule has 0 spiro atoms. The van der Waals surface area contributed by atoms with Gasteiger partial charge in [0.2, 0.25) is 0 Å². The lowest BCUT2D eigenvalue weighted by atomic mass is 9.99. The summed E-state index contributed by atoms with van der Waals surface area (Å²) in [5, 5.41) is 0. The van der Waals surface area contributed by atoms with Crippen LogP contribution in [0.2, 0.25) is 0 Å². The molecule has 0 atom stereocenters. The molecule has 0 saturated carbocycles. The van der Waals surface area contributed by atoms with Crippen LogP contribution < -0.4 is 15.2 Å². The number of halogens is 2. The molecule has 0 aliphatic heterocycles. The summed E-state index contributed by atoms with van der Waals surface area (Å²) < 4.78 is 37.5. The highest BCUT2D eigenvalue weighted by Gasteiger charge is 2.15. The van der Waals surface area contributed by atoms with E-state index >= 15 is 0 Å². The highest BCUT2D eigenvalue weighted by molar-refractivity contribution is 5.75. The van der Waals surface area contributed by atoms with Crippen molar-refractivity contribution in [2.24, 2.45) is 5.73 Å². The van der Waals surface area contributed by atoms with Gasteiger partial charge < -0.3 is 15.2 Å². The van der Waals surface area contributed by atoms with E-state index in [4.69, 9.17) is 15.2 Å². The van der Waals surface area contributed by atoms with Crippen molar-refractivity contribution in [3.8, 4) is 22.6 Å². The summed E-state index contributed by atoms with van der Waals surface area (Å²) in [5.41, 5.74) is 7.44. The summed E-state index contributed by atoms with van der Waals surface area (Å²) in [5.74, 6) is -0.350. The predicted molar refractivity (Wildman–Crippen MR) is 77.7 cm³/mol. The van der Waals surface area contributed by atoms with Gasteiger partial charge >= 0.3 is 0 Å². The Hall–Kier alpha value is -2.14. The molecule has 21 heavy (non-hydrogen) atoms. The minimum atomic E-state index is -0.643. The van der Waals surface area contributed by atoms with Crippen LogP contribution >= 0.6 is 0 Å². The van der Waals surface area contributed by atoms with Crippen LogP contribution in [-0.4, -0.2) is 20.8 Å². The number of methoxy groups -OCH3 is 2. The van der Waals surface area contributed by atoms with E-state index in [0.29, 0.717) is 35.6 Å². The summed E-state index contributed by atoms with van der Waals surface area (Å²) in [7, 11) is 3.00. The zero-order chi connectivity index (χ0) is 15.4. The van der Waals surface area contributed by atoms with Crippen molar-refractivity contribution in [1.82, 2.24) is 0 Å². The van der Waals surface area contributed by atoms with Crippen molar-refractivity contribution >= 4 is 0 Å². The molecular formula is C16H17F2NO2. The van der Waals surface area contributed by atoms with E-state index in [1.807, 2.05) is 12.1 Å².